The molecule has 0 saturated carbocycles. The maximum Gasteiger partial charge on any atom is 0.162 e. The van der Waals surface area contributed by atoms with Crippen molar-refractivity contribution in [3.05, 3.63) is 57.4 Å². The van der Waals surface area contributed by atoms with Crippen molar-refractivity contribution in [2.75, 3.05) is 5.32 Å². The van der Waals surface area contributed by atoms with Gasteiger partial charge in [0.1, 0.15) is 5.15 Å². The van der Waals surface area contributed by atoms with Crippen molar-refractivity contribution in [3.8, 4) is 0 Å². The van der Waals surface area contributed by atoms with Crippen molar-refractivity contribution in [1.29, 1.82) is 0 Å². The summed E-state index contributed by atoms with van der Waals surface area (Å²) in [6.45, 7) is 6.33. The van der Waals surface area contributed by atoms with Gasteiger partial charge in [-0.1, -0.05) is 49.7 Å². The van der Waals surface area contributed by atoms with Gasteiger partial charge < -0.3 is 5.32 Å². The van der Waals surface area contributed by atoms with Gasteiger partial charge in [-0.3, -0.25) is 9.89 Å². The summed E-state index contributed by atoms with van der Waals surface area (Å²) in [6, 6.07) is 8.17. The highest BCUT2D eigenvalue weighted by Gasteiger charge is 2.42. The highest BCUT2D eigenvalue weighted by molar-refractivity contribution is 6.31. The van der Waals surface area contributed by atoms with Crippen LogP contribution in [0, 0.1) is 12.3 Å². The number of hydrogen-bond donors (Lipinski definition) is 2. The van der Waals surface area contributed by atoms with Gasteiger partial charge in [-0.2, -0.15) is 5.10 Å². The molecule has 5 heteroatoms. The first kappa shape index (κ1) is 15.5. The number of fused-ring (bicyclic) bond motifs is 1. The summed E-state index contributed by atoms with van der Waals surface area (Å²) in [5, 5.41) is 11.0. The van der Waals surface area contributed by atoms with Crippen molar-refractivity contribution in [1.82, 2.24) is 10.2 Å². The first-order chi connectivity index (χ1) is 11.4. The number of allylic oxidation sites excluding steroid dienone is 2. The number of benzene rings is 1. The number of aromatic nitrogens is 2. The topological polar surface area (TPSA) is 57.8 Å². The molecule has 2 aromatic rings. The fourth-order valence-electron chi connectivity index (χ4n) is 3.98. The van der Waals surface area contributed by atoms with Crippen LogP contribution in [0.25, 0.3) is 0 Å². The predicted octanol–water partition coefficient (Wildman–Crippen LogP) is 4.57. The maximum atomic E-state index is 13.0. The zero-order valence-electron chi connectivity index (χ0n) is 14.0. The second-order valence-electron chi connectivity index (χ2n) is 7.55. The molecule has 0 saturated heterocycles. The van der Waals surface area contributed by atoms with Gasteiger partial charge in [0.05, 0.1) is 0 Å². The van der Waals surface area contributed by atoms with E-state index in [1.54, 1.807) is 0 Å². The Morgan fingerprint density at radius 1 is 1.25 bits per heavy atom. The Morgan fingerprint density at radius 3 is 2.75 bits per heavy atom. The smallest absolute Gasteiger partial charge is 0.162 e. The van der Waals surface area contributed by atoms with Crippen molar-refractivity contribution >= 4 is 23.2 Å². The second-order valence-corrected chi connectivity index (χ2v) is 7.93. The number of anilines is 1. The number of nitrogens with zero attached hydrogens (tertiary/aromatic N) is 1. The molecule has 1 aliphatic carbocycles. The molecule has 1 aromatic heterocycles. The number of ketones is 1. The van der Waals surface area contributed by atoms with Crippen molar-refractivity contribution in [3.63, 3.8) is 0 Å². The molecule has 4 nitrogen and oxygen atoms in total. The predicted molar refractivity (Wildman–Crippen MR) is 95.3 cm³/mol. The number of nitrogens with one attached hydrogen (secondary N) is 2. The van der Waals surface area contributed by atoms with E-state index in [1.807, 2.05) is 12.1 Å². The minimum atomic E-state index is -0.160. The summed E-state index contributed by atoms with van der Waals surface area (Å²) in [5.41, 5.74) is 4.93. The van der Waals surface area contributed by atoms with Crippen molar-refractivity contribution in [2.24, 2.45) is 5.41 Å². The molecule has 0 amide bonds. The number of Topliss-reactive ketones (excluding diaryl/α,β-unsaturated/α-hetero) is 1. The average molecular weight is 342 g/mol. The molecule has 2 N–H and O–H groups in total. The van der Waals surface area contributed by atoms with E-state index >= 15 is 0 Å². The van der Waals surface area contributed by atoms with E-state index in [2.05, 4.69) is 48.4 Å². The summed E-state index contributed by atoms with van der Waals surface area (Å²) < 4.78 is 0. The van der Waals surface area contributed by atoms with Gasteiger partial charge in [-0.25, -0.2) is 0 Å². The largest absolute Gasteiger partial charge is 0.342 e. The van der Waals surface area contributed by atoms with Crippen LogP contribution in [0.1, 0.15) is 49.3 Å². The minimum absolute atomic E-state index is 0.0448. The van der Waals surface area contributed by atoms with Crippen LogP contribution < -0.4 is 5.32 Å². The lowest BCUT2D eigenvalue weighted by Crippen LogP contribution is -2.33. The molecule has 0 fully saturated rings. The fraction of sp³-hybridized carbons (Fsp3) is 0.368. The van der Waals surface area contributed by atoms with E-state index in [0.717, 1.165) is 40.2 Å². The molecule has 1 atom stereocenters. The van der Waals surface area contributed by atoms with Crippen LogP contribution >= 0.6 is 11.6 Å². The van der Waals surface area contributed by atoms with E-state index in [1.165, 1.54) is 0 Å². The molecule has 2 heterocycles. The zero-order chi connectivity index (χ0) is 17.1. The average Bonchev–Trinajstić information content (AvgIpc) is 2.86. The number of hydrogen-bond acceptors (Lipinski definition) is 3. The maximum absolute atomic E-state index is 13.0. The Labute approximate surface area is 146 Å². The van der Waals surface area contributed by atoms with Gasteiger partial charge in [0.15, 0.2) is 11.6 Å². The molecule has 4 rings (SSSR count). The molecule has 1 unspecified atom stereocenters. The second kappa shape index (κ2) is 5.21. The van der Waals surface area contributed by atoms with Gasteiger partial charge in [-0.05, 0) is 29.9 Å². The standard InChI is InChI=1S/C19H20ClN3O/c1-10-6-4-5-7-11(10)14-15-12(8-19(2,3)9-13(15)24)21-18-16(14)17(20)22-23-18/h4-7,14H,8-9H2,1-3H3,(H2,21,22,23). The number of rotatable bonds is 1. The summed E-state index contributed by atoms with van der Waals surface area (Å²) in [7, 11) is 0. The van der Waals surface area contributed by atoms with E-state index in [0.29, 0.717) is 11.6 Å². The van der Waals surface area contributed by atoms with E-state index in [4.69, 9.17) is 11.6 Å². The molecule has 0 bridgehead atoms. The van der Waals surface area contributed by atoms with E-state index in [9.17, 15) is 4.79 Å². The monoisotopic (exact) mass is 341 g/mol. The lowest BCUT2D eigenvalue weighted by Gasteiger charge is -2.38. The van der Waals surface area contributed by atoms with Gasteiger partial charge >= 0.3 is 0 Å². The summed E-state index contributed by atoms with van der Waals surface area (Å²) >= 11 is 6.40. The lowest BCUT2D eigenvalue weighted by molar-refractivity contribution is -0.118. The molecule has 0 radical (unpaired) electrons. The molecule has 1 aliphatic heterocycles. The van der Waals surface area contributed by atoms with Gasteiger partial charge in [0.2, 0.25) is 0 Å². The number of aromatic amines is 1. The van der Waals surface area contributed by atoms with Gasteiger partial charge in [0, 0.05) is 29.2 Å². The quantitative estimate of drug-likeness (QED) is 0.798. The van der Waals surface area contributed by atoms with Crippen molar-refractivity contribution < 1.29 is 4.79 Å². The fourth-order valence-corrected chi connectivity index (χ4v) is 4.22. The van der Waals surface area contributed by atoms with Crippen LogP contribution in [0.15, 0.2) is 35.5 Å². The Morgan fingerprint density at radius 2 is 2.00 bits per heavy atom. The Kier molecular flexibility index (Phi) is 3.36. The van der Waals surface area contributed by atoms with E-state index in [-0.39, 0.29) is 17.1 Å². The van der Waals surface area contributed by atoms with Crippen molar-refractivity contribution in [2.45, 2.75) is 39.5 Å². The third kappa shape index (κ3) is 2.28. The molecular weight excluding hydrogens is 322 g/mol. The summed E-state index contributed by atoms with van der Waals surface area (Å²) in [6.07, 6.45) is 1.39. The number of carbonyl (C=O) groups is 1. The summed E-state index contributed by atoms with van der Waals surface area (Å²) in [5.74, 6) is 0.773. The first-order valence-corrected chi connectivity index (χ1v) is 8.58. The highest BCUT2D eigenvalue weighted by Crippen LogP contribution is 2.50. The summed E-state index contributed by atoms with van der Waals surface area (Å²) in [4.78, 5) is 13.0. The highest BCUT2D eigenvalue weighted by atomic mass is 35.5. The van der Waals surface area contributed by atoms with Crippen LogP contribution in [0.4, 0.5) is 5.82 Å². The Balaban J connectivity index is 1.97. The number of aryl methyl sites for hydroxylation is 1. The number of carbonyl (C=O) groups excluding carboxylic acids is 1. The first-order valence-electron chi connectivity index (χ1n) is 8.20. The zero-order valence-corrected chi connectivity index (χ0v) is 14.8. The SMILES string of the molecule is Cc1ccccc1C1C2=C(CC(C)(C)CC2=O)Nc2n[nH]c(Cl)c21. The van der Waals surface area contributed by atoms with Crippen LogP contribution in [0.2, 0.25) is 5.15 Å². The van der Waals surface area contributed by atoms with Gasteiger partial charge in [0.25, 0.3) is 0 Å². The Bertz CT molecular complexity index is 878. The third-order valence-electron chi connectivity index (χ3n) is 5.02. The molecule has 24 heavy (non-hydrogen) atoms. The molecule has 1 aromatic carbocycles. The minimum Gasteiger partial charge on any atom is -0.342 e. The normalized spacial score (nSPS) is 22.0. The van der Waals surface area contributed by atoms with E-state index < -0.39 is 0 Å². The van der Waals surface area contributed by atoms with Crippen LogP contribution in [-0.4, -0.2) is 16.0 Å². The third-order valence-corrected chi connectivity index (χ3v) is 5.31. The molecule has 124 valence electrons. The molecular formula is C19H20ClN3O. The van der Waals surface area contributed by atoms with Crippen LogP contribution in [-0.2, 0) is 4.79 Å². The number of halogens is 1. The van der Waals surface area contributed by atoms with Gasteiger partial charge in [-0.15, -0.1) is 0 Å². The number of H-pyrrole nitrogens is 1. The molecule has 0 spiro atoms. The van der Waals surface area contributed by atoms with Crippen LogP contribution in [0.3, 0.4) is 0 Å². The molecule has 2 aliphatic rings. The Hall–Kier alpha value is -2.07. The lowest BCUT2D eigenvalue weighted by atomic mass is 9.69. The van der Waals surface area contributed by atoms with Crippen LogP contribution in [0.5, 0.6) is 0 Å².